The summed E-state index contributed by atoms with van der Waals surface area (Å²) >= 11 is 6.51. The molecule has 3 aromatic heterocycles. The maximum absolute atomic E-state index is 13.5. The molecule has 0 radical (unpaired) electrons. The van der Waals surface area contributed by atoms with Crippen LogP contribution in [0.3, 0.4) is 0 Å². The molecule has 0 aliphatic heterocycles. The average Bonchev–Trinajstić information content (AvgIpc) is 3.43. The van der Waals surface area contributed by atoms with Gasteiger partial charge in [0.1, 0.15) is 23.7 Å². The van der Waals surface area contributed by atoms with Gasteiger partial charge < -0.3 is 25.1 Å². The predicted molar refractivity (Wildman–Crippen MR) is 152 cm³/mol. The molecule has 3 N–H and O–H groups in total. The molecule has 1 aromatic carbocycles. The molecule has 1 aliphatic rings. The minimum Gasteiger partial charge on any atom is -0.461 e. The molecule has 0 unspecified atom stereocenters. The van der Waals surface area contributed by atoms with Gasteiger partial charge in [0.2, 0.25) is 0 Å². The number of rotatable bonds is 10. The lowest BCUT2D eigenvalue weighted by Gasteiger charge is -2.29. The van der Waals surface area contributed by atoms with Gasteiger partial charge in [0.25, 0.3) is 6.01 Å². The largest absolute Gasteiger partial charge is 0.461 e. The summed E-state index contributed by atoms with van der Waals surface area (Å²) in [6, 6.07) is 14.8. The number of anilines is 3. The molecule has 1 aliphatic carbocycles. The quantitative estimate of drug-likeness (QED) is 0.184. The highest BCUT2D eigenvalue weighted by Gasteiger charge is 2.23. The molecule has 1 saturated carbocycles. The summed E-state index contributed by atoms with van der Waals surface area (Å²) < 4.78 is 23.8. The third-order valence-electron chi connectivity index (χ3n) is 6.64. The maximum atomic E-state index is 13.5. The maximum Gasteiger partial charge on any atom is 0.360 e. The van der Waals surface area contributed by atoms with Crippen LogP contribution in [0.4, 0.5) is 22.0 Å². The normalized spacial score (nSPS) is 16.8. The summed E-state index contributed by atoms with van der Waals surface area (Å²) in [5.74, 6) is 0.621. The molecular weight excluding hydrogens is 535 g/mol. The van der Waals surface area contributed by atoms with Crippen molar-refractivity contribution in [2.24, 2.45) is 0 Å². The minimum atomic E-state index is -0.496. The molecule has 0 bridgehead atoms. The van der Waals surface area contributed by atoms with Gasteiger partial charge in [-0.25, -0.2) is 19.2 Å². The zero-order chi connectivity index (χ0) is 27.9. The van der Waals surface area contributed by atoms with Gasteiger partial charge in [0, 0.05) is 30.4 Å². The zero-order valence-electron chi connectivity index (χ0n) is 22.0. The van der Waals surface area contributed by atoms with Crippen molar-refractivity contribution in [3.8, 4) is 11.3 Å². The Morgan fingerprint density at radius 1 is 1.05 bits per heavy atom. The number of carbonyl (C=O) groups is 1. The Labute approximate surface area is 236 Å². The van der Waals surface area contributed by atoms with Gasteiger partial charge in [-0.15, -0.1) is 0 Å². The Hall–Kier alpha value is -4.18. The fourth-order valence-corrected chi connectivity index (χ4v) is 4.84. The lowest BCUT2D eigenvalue weighted by atomic mass is 9.91. The molecule has 0 amide bonds. The van der Waals surface area contributed by atoms with Crippen LogP contribution >= 0.6 is 11.6 Å². The second kappa shape index (κ2) is 12.8. The van der Waals surface area contributed by atoms with Crippen molar-refractivity contribution in [1.82, 2.24) is 15.0 Å². The standard InChI is InChI=1S/C29H30ClFN6O3/c1-2-39-28(38)25-17-40-29(37-25)35-21-11-9-20(10-12-21)34-27-14-22(23(30)16-33-27)24-7-4-8-26(36-24)32-15-18-5-3-6-19(31)13-18/h3-8,13-14,16-17,20-21H,2,9-12,15H2,1H3,(H,32,36)(H,33,34)(H,35,37)/t20-,21-. The van der Waals surface area contributed by atoms with Gasteiger partial charge in [0.15, 0.2) is 5.69 Å². The van der Waals surface area contributed by atoms with E-state index in [9.17, 15) is 9.18 Å². The summed E-state index contributed by atoms with van der Waals surface area (Å²) in [6.07, 6.45) is 6.57. The summed E-state index contributed by atoms with van der Waals surface area (Å²) in [5, 5.41) is 10.5. The van der Waals surface area contributed by atoms with E-state index in [2.05, 4.69) is 25.9 Å². The number of aromatic nitrogens is 3. The van der Waals surface area contributed by atoms with Gasteiger partial charge in [0.05, 0.1) is 17.3 Å². The molecular formula is C29H30ClFN6O3. The second-order valence-corrected chi connectivity index (χ2v) is 9.94. The summed E-state index contributed by atoms with van der Waals surface area (Å²) in [4.78, 5) is 25.2. The van der Waals surface area contributed by atoms with Crippen molar-refractivity contribution in [2.45, 2.75) is 51.2 Å². The molecule has 40 heavy (non-hydrogen) atoms. The van der Waals surface area contributed by atoms with Gasteiger partial charge in [-0.1, -0.05) is 29.8 Å². The van der Waals surface area contributed by atoms with Crippen molar-refractivity contribution < 1.29 is 18.3 Å². The van der Waals surface area contributed by atoms with E-state index < -0.39 is 5.97 Å². The van der Waals surface area contributed by atoms with Crippen molar-refractivity contribution >= 4 is 35.2 Å². The first kappa shape index (κ1) is 27.4. The summed E-state index contributed by atoms with van der Waals surface area (Å²) in [7, 11) is 0. The minimum absolute atomic E-state index is 0.159. The number of oxazole rings is 1. The van der Waals surface area contributed by atoms with Gasteiger partial charge in [-0.3, -0.25) is 0 Å². The van der Waals surface area contributed by atoms with Crippen LogP contribution in [-0.2, 0) is 11.3 Å². The Morgan fingerprint density at radius 2 is 1.82 bits per heavy atom. The molecule has 11 heteroatoms. The van der Waals surface area contributed by atoms with Crippen molar-refractivity contribution in [3.63, 3.8) is 0 Å². The number of nitrogens with zero attached hydrogens (tertiary/aromatic N) is 3. The Balaban J connectivity index is 1.17. The highest BCUT2D eigenvalue weighted by Crippen LogP contribution is 2.30. The van der Waals surface area contributed by atoms with Crippen LogP contribution in [-0.4, -0.2) is 39.6 Å². The number of esters is 1. The van der Waals surface area contributed by atoms with Crippen molar-refractivity contribution in [3.05, 3.63) is 83.1 Å². The molecule has 0 spiro atoms. The van der Waals surface area contributed by atoms with Gasteiger partial charge in [-0.05, 0) is 68.5 Å². The van der Waals surface area contributed by atoms with Crippen LogP contribution in [0.1, 0.15) is 48.7 Å². The first-order valence-corrected chi connectivity index (χ1v) is 13.6. The van der Waals surface area contributed by atoms with Gasteiger partial charge >= 0.3 is 5.97 Å². The van der Waals surface area contributed by atoms with Crippen LogP contribution in [0.2, 0.25) is 5.02 Å². The highest BCUT2D eigenvalue weighted by molar-refractivity contribution is 6.33. The number of hydrogen-bond donors (Lipinski definition) is 3. The number of pyridine rings is 2. The first-order chi connectivity index (χ1) is 19.5. The molecule has 1 fully saturated rings. The number of hydrogen-bond acceptors (Lipinski definition) is 9. The van der Waals surface area contributed by atoms with E-state index in [0.29, 0.717) is 29.1 Å². The van der Waals surface area contributed by atoms with E-state index >= 15 is 0 Å². The van der Waals surface area contributed by atoms with E-state index in [1.807, 2.05) is 30.3 Å². The first-order valence-electron chi connectivity index (χ1n) is 13.2. The van der Waals surface area contributed by atoms with E-state index in [0.717, 1.165) is 42.6 Å². The number of ether oxygens (including phenoxy) is 1. The Bertz CT molecular complexity index is 1460. The second-order valence-electron chi connectivity index (χ2n) is 9.54. The number of carbonyl (C=O) groups excluding carboxylic acids is 1. The van der Waals surface area contributed by atoms with Crippen LogP contribution in [0.25, 0.3) is 11.3 Å². The van der Waals surface area contributed by atoms with Crippen molar-refractivity contribution in [1.29, 1.82) is 0 Å². The average molecular weight is 565 g/mol. The third kappa shape index (κ3) is 7.06. The van der Waals surface area contributed by atoms with Crippen LogP contribution in [0.5, 0.6) is 0 Å². The van der Waals surface area contributed by atoms with E-state index in [4.69, 9.17) is 25.7 Å². The Kier molecular flexibility index (Phi) is 8.75. The molecule has 5 rings (SSSR count). The molecule has 0 saturated heterocycles. The lowest BCUT2D eigenvalue weighted by molar-refractivity contribution is 0.0519. The van der Waals surface area contributed by atoms with E-state index in [1.165, 1.54) is 18.4 Å². The van der Waals surface area contributed by atoms with Crippen LogP contribution < -0.4 is 16.0 Å². The zero-order valence-corrected chi connectivity index (χ0v) is 22.7. The summed E-state index contributed by atoms with van der Waals surface area (Å²) in [6.45, 7) is 2.48. The topological polar surface area (TPSA) is 114 Å². The number of nitrogens with one attached hydrogen (secondary N) is 3. The molecule has 9 nitrogen and oxygen atoms in total. The summed E-state index contributed by atoms with van der Waals surface area (Å²) in [5.41, 5.74) is 2.46. The fraction of sp³-hybridized carbons (Fsp3) is 0.310. The SMILES string of the molecule is CCOC(=O)c1coc(N[C@H]2CC[C@H](Nc3cc(-c4cccc(NCc5cccc(F)c5)n4)c(Cl)cn3)CC2)n1. The Morgan fingerprint density at radius 3 is 2.60 bits per heavy atom. The van der Waals surface area contributed by atoms with Crippen molar-refractivity contribution in [2.75, 3.05) is 22.6 Å². The monoisotopic (exact) mass is 564 g/mol. The van der Waals surface area contributed by atoms with E-state index in [1.54, 1.807) is 19.2 Å². The third-order valence-corrected chi connectivity index (χ3v) is 6.94. The predicted octanol–water partition coefficient (Wildman–Crippen LogP) is 6.55. The highest BCUT2D eigenvalue weighted by atomic mass is 35.5. The number of halogens is 2. The molecule has 208 valence electrons. The molecule has 3 heterocycles. The van der Waals surface area contributed by atoms with Crippen LogP contribution in [0, 0.1) is 5.82 Å². The molecule has 0 atom stereocenters. The van der Waals surface area contributed by atoms with E-state index in [-0.39, 0.29) is 30.2 Å². The lowest BCUT2D eigenvalue weighted by Crippen LogP contribution is -2.32. The van der Waals surface area contributed by atoms with Crippen LogP contribution in [0.15, 0.2) is 65.4 Å². The smallest absolute Gasteiger partial charge is 0.360 e. The van der Waals surface area contributed by atoms with Gasteiger partial charge in [-0.2, -0.15) is 4.98 Å². The fourth-order valence-electron chi connectivity index (χ4n) is 4.64. The number of benzene rings is 1. The molecule has 4 aromatic rings.